The number of fused-ring (bicyclic) bond motifs is 1. The van der Waals surface area contributed by atoms with Crippen LogP contribution in [0.5, 0.6) is 0 Å². The molecule has 0 amide bonds. The lowest BCUT2D eigenvalue weighted by Crippen LogP contribution is -2.18. The van der Waals surface area contributed by atoms with E-state index in [1.165, 1.54) is 30.6 Å². The molecule has 2 aliphatic rings. The fraction of sp³-hybridized carbons (Fsp3) is 0.750. The monoisotopic (exact) mass is 205 g/mol. The van der Waals surface area contributed by atoms with E-state index in [-0.39, 0.29) is 0 Å². The van der Waals surface area contributed by atoms with Crippen LogP contribution in [0.3, 0.4) is 0 Å². The Kier molecular flexibility index (Phi) is 1.85. The van der Waals surface area contributed by atoms with Gasteiger partial charge in [0.2, 0.25) is 0 Å². The number of nitrogens with one attached hydrogen (secondary N) is 1. The molecule has 1 aliphatic carbocycles. The van der Waals surface area contributed by atoms with Crippen molar-refractivity contribution in [3.05, 3.63) is 11.8 Å². The van der Waals surface area contributed by atoms with Crippen LogP contribution in [0.4, 0.5) is 5.82 Å². The quantitative estimate of drug-likeness (QED) is 0.804. The molecule has 1 N–H and O–H groups in total. The zero-order valence-corrected chi connectivity index (χ0v) is 9.58. The van der Waals surface area contributed by atoms with Crippen molar-refractivity contribution in [3.63, 3.8) is 0 Å². The average Bonchev–Trinajstić information content (AvgIpc) is 2.77. The molecule has 0 saturated heterocycles. The fourth-order valence-electron chi connectivity index (χ4n) is 2.74. The maximum Gasteiger partial charge on any atom is 0.127 e. The second kappa shape index (κ2) is 3.00. The third-order valence-corrected chi connectivity index (χ3v) is 4.24. The lowest BCUT2D eigenvalue weighted by atomic mass is 10.00. The zero-order chi connectivity index (χ0) is 10.5. The molecule has 2 unspecified atom stereocenters. The van der Waals surface area contributed by atoms with Crippen molar-refractivity contribution in [3.8, 4) is 0 Å². The number of aryl methyl sites for hydroxylation is 1. The van der Waals surface area contributed by atoms with E-state index in [9.17, 15) is 0 Å². The Bertz CT molecular complexity index is 382. The van der Waals surface area contributed by atoms with Crippen molar-refractivity contribution in [2.45, 2.75) is 45.6 Å². The summed E-state index contributed by atoms with van der Waals surface area (Å²) in [5.41, 5.74) is 2.00. The van der Waals surface area contributed by atoms with Crippen LogP contribution < -0.4 is 5.32 Å². The highest BCUT2D eigenvalue weighted by atomic mass is 15.3. The van der Waals surface area contributed by atoms with E-state index in [2.05, 4.69) is 35.1 Å². The van der Waals surface area contributed by atoms with Crippen molar-refractivity contribution < 1.29 is 0 Å². The summed E-state index contributed by atoms with van der Waals surface area (Å²) in [6.45, 7) is 6.88. The standard InChI is InChI=1S/C12H19N3/c1-3-12(2)7-10(12)9-8-14-15-6-4-5-13-11(9)15/h8,10,13H,3-7H2,1-2H3. The minimum atomic E-state index is 0.545. The minimum Gasteiger partial charge on any atom is -0.370 e. The van der Waals surface area contributed by atoms with Crippen LogP contribution in [0.1, 0.15) is 44.6 Å². The van der Waals surface area contributed by atoms with Gasteiger partial charge in [0.15, 0.2) is 0 Å². The van der Waals surface area contributed by atoms with E-state index in [1.54, 1.807) is 0 Å². The first-order valence-corrected chi connectivity index (χ1v) is 6.04. The van der Waals surface area contributed by atoms with Crippen LogP contribution in [0, 0.1) is 5.41 Å². The zero-order valence-electron chi connectivity index (χ0n) is 9.58. The molecule has 3 rings (SSSR count). The van der Waals surface area contributed by atoms with Crippen molar-refractivity contribution in [1.82, 2.24) is 9.78 Å². The molecule has 1 aromatic heterocycles. The molecule has 0 bridgehead atoms. The fourth-order valence-corrected chi connectivity index (χ4v) is 2.74. The SMILES string of the molecule is CCC1(C)CC1c1cnn2c1NCCC2. The second-order valence-corrected chi connectivity index (χ2v) is 5.22. The molecule has 2 atom stereocenters. The number of hydrogen-bond acceptors (Lipinski definition) is 2. The molecular weight excluding hydrogens is 186 g/mol. The van der Waals surface area contributed by atoms with E-state index >= 15 is 0 Å². The van der Waals surface area contributed by atoms with Crippen LogP contribution in [-0.4, -0.2) is 16.3 Å². The van der Waals surface area contributed by atoms with Gasteiger partial charge in [-0.05, 0) is 24.2 Å². The predicted octanol–water partition coefficient (Wildman–Crippen LogP) is 2.60. The van der Waals surface area contributed by atoms with E-state index < -0.39 is 0 Å². The Morgan fingerprint density at radius 3 is 3.27 bits per heavy atom. The van der Waals surface area contributed by atoms with Crippen LogP contribution in [-0.2, 0) is 6.54 Å². The van der Waals surface area contributed by atoms with Crippen LogP contribution in [0.2, 0.25) is 0 Å². The number of rotatable bonds is 2. The summed E-state index contributed by atoms with van der Waals surface area (Å²) in [7, 11) is 0. The molecule has 1 saturated carbocycles. The molecule has 15 heavy (non-hydrogen) atoms. The van der Waals surface area contributed by atoms with Crippen molar-refractivity contribution in [1.29, 1.82) is 0 Å². The Morgan fingerprint density at radius 1 is 1.67 bits per heavy atom. The molecule has 0 spiro atoms. The van der Waals surface area contributed by atoms with Crippen molar-refractivity contribution >= 4 is 5.82 Å². The molecule has 1 aromatic rings. The first-order chi connectivity index (χ1) is 7.24. The minimum absolute atomic E-state index is 0.545. The smallest absolute Gasteiger partial charge is 0.127 e. The molecule has 3 nitrogen and oxygen atoms in total. The normalized spacial score (nSPS) is 33.3. The Hall–Kier alpha value is -0.990. The third kappa shape index (κ3) is 1.29. The highest BCUT2D eigenvalue weighted by molar-refractivity contribution is 5.50. The molecule has 2 heterocycles. The summed E-state index contributed by atoms with van der Waals surface area (Å²) < 4.78 is 2.13. The van der Waals surface area contributed by atoms with E-state index in [0.29, 0.717) is 5.41 Å². The third-order valence-electron chi connectivity index (χ3n) is 4.24. The van der Waals surface area contributed by atoms with Gasteiger partial charge in [-0.25, -0.2) is 4.68 Å². The van der Waals surface area contributed by atoms with Crippen molar-refractivity contribution in [2.75, 3.05) is 11.9 Å². The predicted molar refractivity (Wildman–Crippen MR) is 61.1 cm³/mol. The molecule has 1 fully saturated rings. The first kappa shape index (κ1) is 9.25. The Labute approximate surface area is 90.9 Å². The molecule has 3 heteroatoms. The van der Waals surface area contributed by atoms with Gasteiger partial charge in [0.05, 0.1) is 6.20 Å². The van der Waals surface area contributed by atoms with Gasteiger partial charge in [-0.1, -0.05) is 20.3 Å². The average molecular weight is 205 g/mol. The topological polar surface area (TPSA) is 29.9 Å². The first-order valence-electron chi connectivity index (χ1n) is 6.04. The van der Waals surface area contributed by atoms with E-state index in [4.69, 9.17) is 0 Å². The summed E-state index contributed by atoms with van der Waals surface area (Å²) in [5, 5.41) is 7.97. The van der Waals surface area contributed by atoms with Gasteiger partial charge in [-0.15, -0.1) is 0 Å². The highest BCUT2D eigenvalue weighted by Gasteiger charge is 2.50. The summed E-state index contributed by atoms with van der Waals surface area (Å²) in [4.78, 5) is 0. The van der Waals surface area contributed by atoms with E-state index in [1.807, 2.05) is 0 Å². The van der Waals surface area contributed by atoms with Gasteiger partial charge in [-0.2, -0.15) is 5.10 Å². The lowest BCUT2D eigenvalue weighted by molar-refractivity contribution is 0.527. The van der Waals surface area contributed by atoms with Gasteiger partial charge >= 0.3 is 0 Å². The van der Waals surface area contributed by atoms with E-state index in [0.717, 1.165) is 19.0 Å². The largest absolute Gasteiger partial charge is 0.370 e. The van der Waals surface area contributed by atoms with Crippen LogP contribution in [0.15, 0.2) is 6.20 Å². The maximum absolute atomic E-state index is 4.47. The lowest BCUT2D eigenvalue weighted by Gasteiger charge is -2.17. The summed E-state index contributed by atoms with van der Waals surface area (Å²) in [5.74, 6) is 2.04. The van der Waals surface area contributed by atoms with Crippen LogP contribution >= 0.6 is 0 Å². The molecule has 1 aliphatic heterocycles. The van der Waals surface area contributed by atoms with Gasteiger partial charge in [0.25, 0.3) is 0 Å². The van der Waals surface area contributed by atoms with Crippen molar-refractivity contribution in [2.24, 2.45) is 5.41 Å². The molecule has 0 radical (unpaired) electrons. The number of aromatic nitrogens is 2. The summed E-state index contributed by atoms with van der Waals surface area (Å²) in [6, 6.07) is 0. The highest BCUT2D eigenvalue weighted by Crippen LogP contribution is 2.62. The number of anilines is 1. The van der Waals surface area contributed by atoms with Gasteiger partial charge < -0.3 is 5.32 Å². The molecule has 0 aromatic carbocycles. The van der Waals surface area contributed by atoms with Gasteiger partial charge in [-0.3, -0.25) is 0 Å². The van der Waals surface area contributed by atoms with Gasteiger partial charge in [0.1, 0.15) is 5.82 Å². The summed E-state index contributed by atoms with van der Waals surface area (Å²) in [6.07, 6.45) is 5.90. The Balaban J connectivity index is 1.91. The Morgan fingerprint density at radius 2 is 2.53 bits per heavy atom. The molecule has 82 valence electrons. The maximum atomic E-state index is 4.47. The number of hydrogen-bond donors (Lipinski definition) is 1. The second-order valence-electron chi connectivity index (χ2n) is 5.22. The van der Waals surface area contributed by atoms with Crippen LogP contribution in [0.25, 0.3) is 0 Å². The summed E-state index contributed by atoms with van der Waals surface area (Å²) >= 11 is 0. The van der Waals surface area contributed by atoms with Gasteiger partial charge in [0, 0.05) is 18.7 Å². The molecular formula is C12H19N3. The number of nitrogens with zero attached hydrogens (tertiary/aromatic N) is 2.